The normalized spacial score (nSPS) is 14.3. The van der Waals surface area contributed by atoms with E-state index in [0.29, 0.717) is 37.5 Å². The highest BCUT2D eigenvalue weighted by atomic mass is 31.2. The number of unbranched alkanes of at least 4 members (excludes halogenated alkanes) is 31. The Morgan fingerprint density at radius 1 is 0.287 bits per heavy atom. The maximum atomic E-state index is 13.0. The summed E-state index contributed by atoms with van der Waals surface area (Å²) in [7, 11) is -9.90. The maximum absolute atomic E-state index is 13.0. The van der Waals surface area contributed by atoms with Gasteiger partial charge in [0.25, 0.3) is 0 Å². The van der Waals surface area contributed by atoms with E-state index in [9.17, 15) is 43.2 Å². The number of phosphoric acid groups is 2. The molecule has 0 fully saturated rings. The Labute approximate surface area is 530 Å². The maximum Gasteiger partial charge on any atom is 0.472 e. The summed E-state index contributed by atoms with van der Waals surface area (Å²) in [5, 5.41) is 10.6. The lowest BCUT2D eigenvalue weighted by atomic mass is 10.0. The summed E-state index contributed by atoms with van der Waals surface area (Å²) in [6.07, 6.45) is 39.2. The zero-order chi connectivity index (χ0) is 64.7. The number of hydrogen-bond acceptors (Lipinski definition) is 15. The number of hydrogen-bond donors (Lipinski definition) is 3. The Balaban J connectivity index is 5.22. The topological polar surface area (TPSA) is 237 Å². The van der Waals surface area contributed by atoms with Gasteiger partial charge in [0.1, 0.15) is 19.3 Å². The molecule has 0 aliphatic carbocycles. The van der Waals surface area contributed by atoms with Gasteiger partial charge in [-0.15, -0.1) is 0 Å². The molecule has 19 heteroatoms. The highest BCUT2D eigenvalue weighted by Gasteiger charge is 2.30. The molecule has 0 aliphatic rings. The van der Waals surface area contributed by atoms with Crippen LogP contribution in [0.2, 0.25) is 0 Å². The third-order valence-corrected chi connectivity index (χ3v) is 17.5. The van der Waals surface area contributed by atoms with Gasteiger partial charge in [0.15, 0.2) is 12.2 Å². The molecule has 3 N–H and O–H groups in total. The van der Waals surface area contributed by atoms with Crippen molar-refractivity contribution in [3.05, 3.63) is 0 Å². The van der Waals surface area contributed by atoms with E-state index in [-0.39, 0.29) is 25.7 Å². The van der Waals surface area contributed by atoms with Crippen LogP contribution in [0.4, 0.5) is 0 Å². The first-order valence-corrected chi connectivity index (χ1v) is 38.2. The van der Waals surface area contributed by atoms with Crippen molar-refractivity contribution in [2.24, 2.45) is 23.7 Å². The molecule has 0 saturated heterocycles. The number of aliphatic hydroxyl groups is 1. The number of phosphoric ester groups is 2. The molecule has 0 saturated carbocycles. The van der Waals surface area contributed by atoms with Crippen LogP contribution in [0.25, 0.3) is 0 Å². The standard InChI is InChI=1S/C68H132O17P2/c1-58(2)44-36-28-20-15-11-9-10-12-17-23-32-40-48-65(70)78-54-63(85-68(73)51-43-35-25-19-22-30-38-46-60(5)6)56-82-86(74,75)80-52-62(69)53-81-87(76,77)83-57-64(55-79-66(71)49-41-33-27-26-31-39-47-61(7)8)84-67(72)50-42-34-24-18-14-13-16-21-29-37-45-59(3)4/h58-64,69H,9-57H2,1-8H3,(H,74,75)(H,76,77)/t62-,63-,64-/m1/s1. The van der Waals surface area contributed by atoms with E-state index in [2.05, 4.69) is 55.4 Å². The van der Waals surface area contributed by atoms with Crippen molar-refractivity contribution in [2.75, 3.05) is 39.6 Å². The molecular formula is C68H132O17P2. The molecule has 0 rings (SSSR count). The van der Waals surface area contributed by atoms with E-state index < -0.39 is 97.5 Å². The minimum atomic E-state index is -4.95. The lowest BCUT2D eigenvalue weighted by Crippen LogP contribution is -2.30. The van der Waals surface area contributed by atoms with Crippen molar-refractivity contribution < 1.29 is 80.2 Å². The lowest BCUT2D eigenvalue weighted by molar-refractivity contribution is -0.161. The van der Waals surface area contributed by atoms with Gasteiger partial charge in [0.05, 0.1) is 26.4 Å². The zero-order valence-electron chi connectivity index (χ0n) is 56.6. The van der Waals surface area contributed by atoms with E-state index in [1.165, 1.54) is 128 Å². The van der Waals surface area contributed by atoms with Crippen LogP contribution < -0.4 is 0 Å². The molecule has 5 atom stereocenters. The second-order valence-corrected chi connectivity index (χ2v) is 29.4. The Hall–Kier alpha value is -1.94. The number of ether oxygens (including phenoxy) is 4. The first kappa shape index (κ1) is 85.1. The van der Waals surface area contributed by atoms with Crippen molar-refractivity contribution in [1.29, 1.82) is 0 Å². The highest BCUT2D eigenvalue weighted by Crippen LogP contribution is 2.45. The Kier molecular flexibility index (Phi) is 56.6. The van der Waals surface area contributed by atoms with E-state index in [1.54, 1.807) is 0 Å². The van der Waals surface area contributed by atoms with Crippen LogP contribution in [0.15, 0.2) is 0 Å². The average Bonchev–Trinajstić information content (AvgIpc) is 3.67. The molecule has 87 heavy (non-hydrogen) atoms. The predicted octanol–water partition coefficient (Wildman–Crippen LogP) is 18.9. The fourth-order valence-electron chi connectivity index (χ4n) is 10.1. The van der Waals surface area contributed by atoms with Gasteiger partial charge >= 0.3 is 39.5 Å². The fraction of sp³-hybridized carbons (Fsp3) is 0.941. The quantitative estimate of drug-likeness (QED) is 0.0222. The van der Waals surface area contributed by atoms with Gasteiger partial charge < -0.3 is 33.8 Å². The predicted molar refractivity (Wildman–Crippen MR) is 349 cm³/mol. The van der Waals surface area contributed by atoms with Gasteiger partial charge in [-0.25, -0.2) is 9.13 Å². The summed E-state index contributed by atoms with van der Waals surface area (Å²) in [4.78, 5) is 72.4. The molecule has 17 nitrogen and oxygen atoms in total. The van der Waals surface area contributed by atoms with E-state index in [0.717, 1.165) is 108 Å². The lowest BCUT2D eigenvalue weighted by Gasteiger charge is -2.21. The first-order chi connectivity index (χ1) is 41.6. The third kappa shape index (κ3) is 62.6. The molecule has 0 amide bonds. The van der Waals surface area contributed by atoms with Gasteiger partial charge in [-0.1, -0.05) is 280 Å². The number of aliphatic hydroxyl groups excluding tert-OH is 1. The summed E-state index contributed by atoms with van der Waals surface area (Å²) >= 11 is 0. The summed E-state index contributed by atoms with van der Waals surface area (Å²) in [6.45, 7) is 14.0. The number of carbonyl (C=O) groups excluding carboxylic acids is 4. The SMILES string of the molecule is CC(C)CCCCCCCCCCCCCCC(=O)OC[C@H](COP(=O)(O)OC[C@@H](O)COP(=O)(O)OC[C@@H](COC(=O)CCCCCCCCC(C)C)OC(=O)CCCCCCCCCCCCC(C)C)OC(=O)CCCCCCCCCC(C)C. The minimum Gasteiger partial charge on any atom is -0.462 e. The van der Waals surface area contributed by atoms with Gasteiger partial charge in [0.2, 0.25) is 0 Å². The fourth-order valence-corrected chi connectivity index (χ4v) is 11.7. The highest BCUT2D eigenvalue weighted by molar-refractivity contribution is 7.47. The summed E-state index contributed by atoms with van der Waals surface area (Å²) in [5.74, 6) is 0.773. The van der Waals surface area contributed by atoms with Crippen molar-refractivity contribution in [2.45, 2.75) is 350 Å². The third-order valence-electron chi connectivity index (χ3n) is 15.6. The zero-order valence-corrected chi connectivity index (χ0v) is 58.4. The Morgan fingerprint density at radius 3 is 0.713 bits per heavy atom. The minimum absolute atomic E-state index is 0.103. The monoisotopic (exact) mass is 1280 g/mol. The molecule has 0 aliphatic heterocycles. The van der Waals surface area contributed by atoms with Gasteiger partial charge in [0, 0.05) is 25.7 Å². The molecule has 516 valence electrons. The Bertz CT molecular complexity index is 1730. The van der Waals surface area contributed by atoms with Crippen molar-refractivity contribution >= 4 is 39.5 Å². The number of rotatable bonds is 65. The molecule has 0 aromatic carbocycles. The molecule has 2 unspecified atom stereocenters. The number of esters is 4. The van der Waals surface area contributed by atoms with E-state index in [1.807, 2.05) is 0 Å². The van der Waals surface area contributed by atoms with Crippen molar-refractivity contribution in [3.8, 4) is 0 Å². The van der Waals surface area contributed by atoms with Crippen LogP contribution in [-0.4, -0.2) is 96.7 Å². The van der Waals surface area contributed by atoms with Crippen molar-refractivity contribution in [3.63, 3.8) is 0 Å². The Morgan fingerprint density at radius 2 is 0.483 bits per heavy atom. The summed E-state index contributed by atoms with van der Waals surface area (Å²) in [5.41, 5.74) is 0. The molecule has 0 heterocycles. The smallest absolute Gasteiger partial charge is 0.462 e. The second kappa shape index (κ2) is 57.9. The van der Waals surface area contributed by atoms with Crippen LogP contribution in [0, 0.1) is 23.7 Å². The van der Waals surface area contributed by atoms with E-state index >= 15 is 0 Å². The molecule has 0 radical (unpaired) electrons. The second-order valence-electron chi connectivity index (χ2n) is 26.5. The first-order valence-electron chi connectivity index (χ1n) is 35.2. The van der Waals surface area contributed by atoms with Crippen LogP contribution in [0.3, 0.4) is 0 Å². The van der Waals surface area contributed by atoms with Gasteiger partial charge in [-0.05, 0) is 49.4 Å². The average molecular weight is 1280 g/mol. The van der Waals surface area contributed by atoms with Crippen molar-refractivity contribution in [1.82, 2.24) is 0 Å². The van der Waals surface area contributed by atoms with E-state index in [4.69, 9.17) is 37.0 Å². The molecule has 0 spiro atoms. The molecule has 0 aromatic rings. The molecule has 0 bridgehead atoms. The number of carbonyl (C=O) groups is 4. The van der Waals surface area contributed by atoms with Gasteiger partial charge in [-0.2, -0.15) is 0 Å². The van der Waals surface area contributed by atoms with Crippen LogP contribution in [0.5, 0.6) is 0 Å². The molecule has 0 aromatic heterocycles. The largest absolute Gasteiger partial charge is 0.472 e. The summed E-state index contributed by atoms with van der Waals surface area (Å²) < 4.78 is 68.1. The van der Waals surface area contributed by atoms with Gasteiger partial charge in [-0.3, -0.25) is 37.3 Å². The summed E-state index contributed by atoms with van der Waals surface area (Å²) in [6, 6.07) is 0. The van der Waals surface area contributed by atoms with Crippen LogP contribution in [0.1, 0.15) is 331 Å². The van der Waals surface area contributed by atoms with Crippen LogP contribution >= 0.6 is 15.6 Å². The van der Waals surface area contributed by atoms with Crippen LogP contribution in [-0.2, 0) is 65.4 Å². The molecular weight excluding hydrogens is 1150 g/mol.